The number of amides is 1. The second kappa shape index (κ2) is 11.7. The van der Waals surface area contributed by atoms with Gasteiger partial charge in [-0.3, -0.25) is 14.7 Å². The summed E-state index contributed by atoms with van der Waals surface area (Å²) in [6, 6.07) is 8.96. The van der Waals surface area contributed by atoms with Crippen LogP contribution in [0.25, 0.3) is 11.5 Å². The molecule has 5 rings (SSSR count). The fourth-order valence-corrected chi connectivity index (χ4v) is 4.05. The first-order chi connectivity index (χ1) is 18.5. The van der Waals surface area contributed by atoms with Gasteiger partial charge >= 0.3 is 6.01 Å². The number of hydrogen-bond acceptors (Lipinski definition) is 10. The second-order valence-electron chi connectivity index (χ2n) is 9.10. The predicted molar refractivity (Wildman–Crippen MR) is 139 cm³/mol. The van der Waals surface area contributed by atoms with Gasteiger partial charge in [-0.1, -0.05) is 6.07 Å². The van der Waals surface area contributed by atoms with Crippen LogP contribution in [0.3, 0.4) is 0 Å². The minimum atomic E-state index is -0.427. The first-order valence-corrected chi connectivity index (χ1v) is 12.5. The summed E-state index contributed by atoms with van der Waals surface area (Å²) in [5, 5.41) is 10.9. The molecule has 0 saturated carbocycles. The number of rotatable bonds is 10. The molecule has 1 aliphatic heterocycles. The van der Waals surface area contributed by atoms with Crippen molar-refractivity contribution < 1.29 is 14.3 Å². The van der Waals surface area contributed by atoms with E-state index >= 15 is 0 Å². The van der Waals surface area contributed by atoms with E-state index in [1.807, 2.05) is 24.5 Å². The largest absolute Gasteiger partial charge is 0.462 e. The van der Waals surface area contributed by atoms with Crippen molar-refractivity contribution in [1.82, 2.24) is 39.6 Å². The van der Waals surface area contributed by atoms with Crippen molar-refractivity contribution >= 4 is 11.7 Å². The lowest BCUT2D eigenvalue weighted by atomic mass is 10.3. The fourth-order valence-electron chi connectivity index (χ4n) is 4.05. The van der Waals surface area contributed by atoms with Crippen molar-refractivity contribution in [2.45, 2.75) is 32.7 Å². The van der Waals surface area contributed by atoms with Crippen LogP contribution in [-0.2, 0) is 0 Å². The molecule has 0 unspecified atom stereocenters. The molecule has 12 heteroatoms. The average Bonchev–Trinajstić information content (AvgIpc) is 3.63. The van der Waals surface area contributed by atoms with Crippen molar-refractivity contribution in [2.75, 3.05) is 31.6 Å². The summed E-state index contributed by atoms with van der Waals surface area (Å²) in [7, 11) is 0. The summed E-state index contributed by atoms with van der Waals surface area (Å²) in [6.45, 7) is 7.71. The van der Waals surface area contributed by atoms with Gasteiger partial charge in [0.2, 0.25) is 0 Å². The Labute approximate surface area is 220 Å². The number of aromatic nitrogens is 7. The summed E-state index contributed by atoms with van der Waals surface area (Å²) in [5.74, 6) is 1.40. The van der Waals surface area contributed by atoms with Crippen LogP contribution in [0.2, 0.25) is 0 Å². The summed E-state index contributed by atoms with van der Waals surface area (Å²) in [4.78, 5) is 32.3. The lowest BCUT2D eigenvalue weighted by Crippen LogP contribution is -2.25. The van der Waals surface area contributed by atoms with E-state index in [1.54, 1.807) is 24.5 Å². The van der Waals surface area contributed by atoms with E-state index in [1.165, 1.54) is 37.5 Å². The van der Waals surface area contributed by atoms with Gasteiger partial charge in [0.05, 0.1) is 12.4 Å². The number of nitrogens with zero attached hydrogens (tertiary/aromatic N) is 8. The van der Waals surface area contributed by atoms with Gasteiger partial charge in [-0.25, -0.2) is 4.98 Å². The predicted octanol–water partition coefficient (Wildman–Crippen LogP) is 3.63. The van der Waals surface area contributed by atoms with E-state index < -0.39 is 5.91 Å². The van der Waals surface area contributed by atoms with Crippen LogP contribution < -0.4 is 14.8 Å². The van der Waals surface area contributed by atoms with Gasteiger partial charge in [0, 0.05) is 24.8 Å². The topological polar surface area (TPSA) is 133 Å². The molecule has 0 aromatic carbocycles. The molecule has 0 bridgehead atoms. The Morgan fingerprint density at radius 2 is 1.89 bits per heavy atom. The maximum absolute atomic E-state index is 12.9. The molecule has 196 valence electrons. The van der Waals surface area contributed by atoms with Crippen LogP contribution in [0, 0.1) is 0 Å². The number of anilines is 1. The molecule has 38 heavy (non-hydrogen) atoms. The normalized spacial score (nSPS) is 13.6. The lowest BCUT2D eigenvalue weighted by molar-refractivity contribution is 0.102. The van der Waals surface area contributed by atoms with Gasteiger partial charge < -0.3 is 19.4 Å². The molecule has 0 aliphatic carbocycles. The Morgan fingerprint density at radius 1 is 1.08 bits per heavy atom. The summed E-state index contributed by atoms with van der Waals surface area (Å²) in [5.41, 5.74) is 0.769. The standard InChI is InChI=1S/C26H29N9O3/c1-18(2)35-17-30-33-24(35)21-6-5-7-23(31-21)32-25(36)22-14-19(8-9-27-22)38-20-15-28-26(29-16-20)37-13-12-34-10-3-4-11-34/h5-9,14-18H,3-4,10-13H2,1-2H3,(H,31,32,36). The number of ether oxygens (including phenoxy) is 2. The van der Waals surface area contributed by atoms with Crippen LogP contribution >= 0.6 is 0 Å². The maximum Gasteiger partial charge on any atom is 0.316 e. The van der Waals surface area contributed by atoms with E-state index in [-0.39, 0.29) is 11.7 Å². The van der Waals surface area contributed by atoms with E-state index in [4.69, 9.17) is 9.47 Å². The van der Waals surface area contributed by atoms with Gasteiger partial charge in [0.25, 0.3) is 5.91 Å². The molecule has 12 nitrogen and oxygen atoms in total. The smallest absolute Gasteiger partial charge is 0.316 e. The van der Waals surface area contributed by atoms with Crippen LogP contribution in [0.4, 0.5) is 5.82 Å². The molecule has 4 aromatic rings. The Bertz CT molecular complexity index is 1370. The number of likely N-dealkylation sites (tertiary alicyclic amines) is 1. The molecule has 1 saturated heterocycles. The van der Waals surface area contributed by atoms with Gasteiger partial charge in [0.1, 0.15) is 35.9 Å². The van der Waals surface area contributed by atoms with Crippen LogP contribution in [-0.4, -0.2) is 71.7 Å². The lowest BCUT2D eigenvalue weighted by Gasteiger charge is -2.14. The molecule has 1 N–H and O–H groups in total. The minimum absolute atomic E-state index is 0.167. The highest BCUT2D eigenvalue weighted by Crippen LogP contribution is 2.22. The Hall–Kier alpha value is -4.45. The van der Waals surface area contributed by atoms with Gasteiger partial charge in [0.15, 0.2) is 11.6 Å². The molecule has 0 spiro atoms. The first-order valence-electron chi connectivity index (χ1n) is 12.5. The highest BCUT2D eigenvalue weighted by atomic mass is 16.5. The van der Waals surface area contributed by atoms with Crippen molar-refractivity contribution in [1.29, 1.82) is 0 Å². The number of hydrogen-bond donors (Lipinski definition) is 1. The van der Waals surface area contributed by atoms with E-state index in [0.717, 1.165) is 19.6 Å². The number of nitrogens with one attached hydrogen (secondary N) is 1. The van der Waals surface area contributed by atoms with Crippen LogP contribution in [0.1, 0.15) is 43.2 Å². The number of carbonyl (C=O) groups is 1. The highest BCUT2D eigenvalue weighted by molar-refractivity contribution is 6.02. The SMILES string of the molecule is CC(C)n1cnnc1-c1cccc(NC(=O)c2cc(Oc3cnc(OCCN4CCCC4)nc3)ccn2)n1. The molecule has 5 heterocycles. The zero-order chi connectivity index (χ0) is 26.3. The van der Waals surface area contributed by atoms with E-state index in [0.29, 0.717) is 41.5 Å². The Morgan fingerprint density at radius 3 is 2.68 bits per heavy atom. The third-order valence-electron chi connectivity index (χ3n) is 5.99. The quantitative estimate of drug-likeness (QED) is 0.334. The number of carbonyl (C=O) groups excluding carboxylic acids is 1. The van der Waals surface area contributed by atoms with Gasteiger partial charge in [-0.2, -0.15) is 9.97 Å². The van der Waals surface area contributed by atoms with Crippen LogP contribution in [0.15, 0.2) is 55.2 Å². The van der Waals surface area contributed by atoms with E-state index in [2.05, 4.69) is 40.3 Å². The molecule has 1 fully saturated rings. The van der Waals surface area contributed by atoms with Crippen molar-refractivity contribution in [3.05, 3.63) is 60.9 Å². The Kier molecular flexibility index (Phi) is 7.78. The molecular weight excluding hydrogens is 486 g/mol. The first kappa shape index (κ1) is 25.2. The fraction of sp³-hybridized carbons (Fsp3) is 0.346. The van der Waals surface area contributed by atoms with Crippen molar-refractivity contribution in [3.63, 3.8) is 0 Å². The molecule has 1 amide bonds. The zero-order valence-corrected chi connectivity index (χ0v) is 21.3. The molecule has 0 radical (unpaired) electrons. The van der Waals surface area contributed by atoms with E-state index in [9.17, 15) is 4.79 Å². The second-order valence-corrected chi connectivity index (χ2v) is 9.10. The average molecular weight is 516 g/mol. The third-order valence-corrected chi connectivity index (χ3v) is 5.99. The zero-order valence-electron chi connectivity index (χ0n) is 21.3. The van der Waals surface area contributed by atoms with Gasteiger partial charge in [-0.05, 0) is 58.0 Å². The van der Waals surface area contributed by atoms with Gasteiger partial charge in [-0.15, -0.1) is 10.2 Å². The number of pyridine rings is 2. The van der Waals surface area contributed by atoms with Crippen molar-refractivity contribution in [3.8, 4) is 29.0 Å². The third kappa shape index (κ3) is 6.27. The Balaban J connectivity index is 1.19. The van der Waals surface area contributed by atoms with Crippen molar-refractivity contribution in [2.24, 2.45) is 0 Å². The summed E-state index contributed by atoms with van der Waals surface area (Å²) < 4.78 is 13.4. The minimum Gasteiger partial charge on any atom is -0.462 e. The summed E-state index contributed by atoms with van der Waals surface area (Å²) in [6.07, 6.45) is 8.70. The molecule has 4 aromatic heterocycles. The molecular formula is C26H29N9O3. The maximum atomic E-state index is 12.9. The summed E-state index contributed by atoms with van der Waals surface area (Å²) >= 11 is 0. The highest BCUT2D eigenvalue weighted by Gasteiger charge is 2.15. The van der Waals surface area contributed by atoms with Crippen LogP contribution in [0.5, 0.6) is 17.5 Å². The molecule has 1 aliphatic rings. The monoisotopic (exact) mass is 515 g/mol. The molecule has 0 atom stereocenters.